The summed E-state index contributed by atoms with van der Waals surface area (Å²) in [4.78, 5) is 12.0. The smallest absolute Gasteiger partial charge is 0.235 e. The maximum Gasteiger partial charge on any atom is 0.235 e. The number of rotatable bonds is 2. The molecule has 1 amide bonds. The van der Waals surface area contributed by atoms with Crippen LogP contribution in [0.5, 0.6) is 0 Å². The Labute approximate surface area is 126 Å². The van der Waals surface area contributed by atoms with Crippen molar-refractivity contribution in [3.05, 3.63) is 23.8 Å². The molecule has 0 bridgehead atoms. The highest BCUT2D eigenvalue weighted by Crippen LogP contribution is 2.30. The third-order valence-electron chi connectivity index (χ3n) is 3.52. The second kappa shape index (κ2) is 5.33. The maximum atomic E-state index is 12.0. The van der Waals surface area contributed by atoms with E-state index < -0.39 is 15.4 Å². The second-order valence-electron chi connectivity index (χ2n) is 6.45. The number of hydrogen-bond donors (Lipinski definition) is 1. The summed E-state index contributed by atoms with van der Waals surface area (Å²) >= 11 is 0. The molecule has 21 heavy (non-hydrogen) atoms. The van der Waals surface area contributed by atoms with Gasteiger partial charge in [0.15, 0.2) is 0 Å². The van der Waals surface area contributed by atoms with Gasteiger partial charge in [-0.25, -0.2) is 8.42 Å². The van der Waals surface area contributed by atoms with Crippen molar-refractivity contribution in [3.8, 4) is 0 Å². The summed E-state index contributed by atoms with van der Waals surface area (Å²) in [6.45, 7) is 7.88. The van der Waals surface area contributed by atoms with Gasteiger partial charge < -0.3 is 5.32 Å². The number of benzene rings is 1. The Morgan fingerprint density at radius 1 is 1.29 bits per heavy atom. The van der Waals surface area contributed by atoms with E-state index in [9.17, 15) is 13.2 Å². The third kappa shape index (κ3) is 3.37. The molecule has 0 radical (unpaired) electrons. The number of aryl methyl sites for hydroxylation is 1. The molecule has 116 valence electrons. The number of anilines is 2. The van der Waals surface area contributed by atoms with Crippen molar-refractivity contribution in [1.82, 2.24) is 0 Å². The summed E-state index contributed by atoms with van der Waals surface area (Å²) in [5.41, 5.74) is 1.66. The molecule has 1 aliphatic rings. The number of nitrogens with zero attached hydrogens (tertiary/aromatic N) is 1. The van der Waals surface area contributed by atoms with Crippen molar-refractivity contribution in [2.45, 2.75) is 34.1 Å². The fraction of sp³-hybridized carbons (Fsp3) is 0.533. The number of amides is 1. The molecular formula is C15H22N2O3S. The van der Waals surface area contributed by atoms with E-state index in [0.717, 1.165) is 5.56 Å². The zero-order valence-corrected chi connectivity index (χ0v) is 13.8. The van der Waals surface area contributed by atoms with E-state index in [4.69, 9.17) is 0 Å². The standard InChI is InChI=1S/C15H22N2O3S/c1-11-6-7-12(16-14(18)15(2,3)4)10-13(11)17-8-5-9-21(17,19)20/h6-7,10H,5,8-9H2,1-4H3,(H,16,18). The molecule has 0 aliphatic carbocycles. The van der Waals surface area contributed by atoms with E-state index in [1.165, 1.54) is 4.31 Å². The number of hydrogen-bond acceptors (Lipinski definition) is 3. The van der Waals surface area contributed by atoms with Gasteiger partial charge in [-0.05, 0) is 31.0 Å². The Bertz CT molecular complexity index is 660. The Hall–Kier alpha value is -1.56. The van der Waals surface area contributed by atoms with Crippen molar-refractivity contribution in [1.29, 1.82) is 0 Å². The highest BCUT2D eigenvalue weighted by atomic mass is 32.2. The fourth-order valence-corrected chi connectivity index (χ4v) is 3.80. The molecule has 6 heteroatoms. The lowest BCUT2D eigenvalue weighted by Crippen LogP contribution is -2.28. The van der Waals surface area contributed by atoms with Crippen LogP contribution < -0.4 is 9.62 Å². The largest absolute Gasteiger partial charge is 0.326 e. The lowest BCUT2D eigenvalue weighted by Gasteiger charge is -2.22. The first-order valence-corrected chi connectivity index (χ1v) is 8.65. The van der Waals surface area contributed by atoms with Gasteiger partial charge in [0.1, 0.15) is 0 Å². The van der Waals surface area contributed by atoms with Gasteiger partial charge in [-0.1, -0.05) is 26.8 Å². The number of carbonyl (C=O) groups excluding carboxylic acids is 1. The van der Waals surface area contributed by atoms with Crippen LogP contribution in [0.4, 0.5) is 11.4 Å². The molecule has 0 aromatic heterocycles. The predicted molar refractivity (Wildman–Crippen MR) is 85.0 cm³/mol. The van der Waals surface area contributed by atoms with Crippen molar-refractivity contribution < 1.29 is 13.2 Å². The molecule has 1 saturated heterocycles. The van der Waals surface area contributed by atoms with Crippen molar-refractivity contribution >= 4 is 27.3 Å². The molecule has 1 N–H and O–H groups in total. The molecule has 2 rings (SSSR count). The van der Waals surface area contributed by atoms with Gasteiger partial charge in [-0.15, -0.1) is 0 Å². The molecule has 0 spiro atoms. The van der Waals surface area contributed by atoms with Gasteiger partial charge in [0.05, 0.1) is 11.4 Å². The Morgan fingerprint density at radius 2 is 1.95 bits per heavy atom. The van der Waals surface area contributed by atoms with Crippen LogP contribution in [-0.4, -0.2) is 26.6 Å². The number of nitrogens with one attached hydrogen (secondary N) is 1. The van der Waals surface area contributed by atoms with E-state index in [1.54, 1.807) is 12.1 Å². The lowest BCUT2D eigenvalue weighted by atomic mass is 9.95. The van der Waals surface area contributed by atoms with Crippen LogP contribution in [-0.2, 0) is 14.8 Å². The highest BCUT2D eigenvalue weighted by Gasteiger charge is 2.30. The van der Waals surface area contributed by atoms with Gasteiger partial charge in [0, 0.05) is 17.6 Å². The Morgan fingerprint density at radius 3 is 2.48 bits per heavy atom. The monoisotopic (exact) mass is 310 g/mol. The van der Waals surface area contributed by atoms with Crippen molar-refractivity contribution in [2.24, 2.45) is 5.41 Å². The van der Waals surface area contributed by atoms with Gasteiger partial charge in [-0.3, -0.25) is 9.10 Å². The van der Waals surface area contributed by atoms with Crippen LogP contribution in [0.15, 0.2) is 18.2 Å². The minimum Gasteiger partial charge on any atom is -0.326 e. The molecule has 0 unspecified atom stereocenters. The molecular weight excluding hydrogens is 288 g/mol. The zero-order chi connectivity index (χ0) is 15.8. The molecule has 1 aromatic rings. The van der Waals surface area contributed by atoms with E-state index in [0.29, 0.717) is 24.3 Å². The summed E-state index contributed by atoms with van der Waals surface area (Å²) in [6.07, 6.45) is 0.639. The van der Waals surface area contributed by atoms with E-state index >= 15 is 0 Å². The van der Waals surface area contributed by atoms with Gasteiger partial charge in [0.25, 0.3) is 0 Å². The molecule has 0 saturated carbocycles. The molecule has 0 atom stereocenters. The van der Waals surface area contributed by atoms with Crippen molar-refractivity contribution in [3.63, 3.8) is 0 Å². The summed E-state index contributed by atoms with van der Waals surface area (Å²) in [7, 11) is -3.22. The number of sulfonamides is 1. The van der Waals surface area contributed by atoms with Gasteiger partial charge in [-0.2, -0.15) is 0 Å². The quantitative estimate of drug-likeness (QED) is 0.912. The first-order chi connectivity index (χ1) is 9.61. The van der Waals surface area contributed by atoms with Crippen molar-refractivity contribution in [2.75, 3.05) is 21.9 Å². The van der Waals surface area contributed by atoms with Crippen LogP contribution in [0.2, 0.25) is 0 Å². The summed E-state index contributed by atoms with van der Waals surface area (Å²) in [5, 5.41) is 2.84. The Kier molecular flexibility index (Phi) is 4.02. The zero-order valence-electron chi connectivity index (χ0n) is 12.9. The third-order valence-corrected chi connectivity index (χ3v) is 5.37. The molecule has 1 heterocycles. The van der Waals surface area contributed by atoms with Crippen LogP contribution >= 0.6 is 0 Å². The van der Waals surface area contributed by atoms with Gasteiger partial charge in [0.2, 0.25) is 15.9 Å². The normalized spacial score (nSPS) is 17.8. The topological polar surface area (TPSA) is 66.5 Å². The SMILES string of the molecule is Cc1ccc(NC(=O)C(C)(C)C)cc1N1CCCS1(=O)=O. The average Bonchev–Trinajstić information content (AvgIpc) is 2.70. The average molecular weight is 310 g/mol. The van der Waals surface area contributed by atoms with E-state index in [2.05, 4.69) is 5.32 Å². The van der Waals surface area contributed by atoms with Crippen LogP contribution in [0.25, 0.3) is 0 Å². The lowest BCUT2D eigenvalue weighted by molar-refractivity contribution is -0.123. The summed E-state index contributed by atoms with van der Waals surface area (Å²) < 4.78 is 25.5. The van der Waals surface area contributed by atoms with E-state index in [1.807, 2.05) is 33.8 Å². The summed E-state index contributed by atoms with van der Waals surface area (Å²) in [5.74, 6) is 0.0898. The first-order valence-electron chi connectivity index (χ1n) is 7.04. The van der Waals surface area contributed by atoms with Crippen LogP contribution in [0, 0.1) is 12.3 Å². The van der Waals surface area contributed by atoms with E-state index in [-0.39, 0.29) is 11.7 Å². The molecule has 1 aromatic carbocycles. The molecule has 1 fully saturated rings. The first kappa shape index (κ1) is 15.8. The summed E-state index contributed by atoms with van der Waals surface area (Å²) in [6, 6.07) is 5.37. The second-order valence-corrected chi connectivity index (χ2v) is 8.46. The maximum absolute atomic E-state index is 12.0. The fourth-order valence-electron chi connectivity index (χ4n) is 2.18. The highest BCUT2D eigenvalue weighted by molar-refractivity contribution is 7.93. The minimum absolute atomic E-state index is 0.0958. The minimum atomic E-state index is -3.22. The van der Waals surface area contributed by atoms with Crippen LogP contribution in [0.3, 0.4) is 0 Å². The predicted octanol–water partition coefficient (Wildman–Crippen LogP) is 2.52. The molecule has 1 aliphatic heterocycles. The van der Waals surface area contributed by atoms with Gasteiger partial charge >= 0.3 is 0 Å². The van der Waals surface area contributed by atoms with Crippen LogP contribution in [0.1, 0.15) is 32.8 Å². The molecule has 5 nitrogen and oxygen atoms in total. The number of carbonyl (C=O) groups is 1. The Balaban J connectivity index is 2.32.